The second-order valence-electron chi connectivity index (χ2n) is 4.07. The van der Waals surface area contributed by atoms with E-state index in [0.29, 0.717) is 6.04 Å². The van der Waals surface area contributed by atoms with Crippen LogP contribution in [0.5, 0.6) is 0 Å². The van der Waals surface area contributed by atoms with Crippen LogP contribution < -0.4 is 5.32 Å². The number of nitrogens with one attached hydrogen (secondary N) is 1. The van der Waals surface area contributed by atoms with Gasteiger partial charge in [-0.3, -0.25) is 4.79 Å². The maximum atomic E-state index is 11.8. The molecule has 15 heavy (non-hydrogen) atoms. The molecule has 3 nitrogen and oxygen atoms in total. The van der Waals surface area contributed by atoms with E-state index in [0.717, 1.165) is 31.8 Å². The van der Waals surface area contributed by atoms with Gasteiger partial charge < -0.3 is 10.2 Å². The largest absolute Gasteiger partial charge is 0.328 e. The van der Waals surface area contributed by atoms with Gasteiger partial charge in [0.2, 0.25) is 0 Å². The van der Waals surface area contributed by atoms with Crippen LogP contribution in [0, 0.1) is 0 Å². The van der Waals surface area contributed by atoms with Crippen molar-refractivity contribution < 1.29 is 4.79 Å². The normalized spacial score (nSPS) is 21.7. The monoisotopic (exact) mass is 230 g/mol. The highest BCUT2D eigenvalue weighted by Gasteiger charge is 2.22. The molecule has 1 saturated heterocycles. The van der Waals surface area contributed by atoms with Crippen molar-refractivity contribution in [2.75, 3.05) is 25.4 Å². The summed E-state index contributed by atoms with van der Waals surface area (Å²) < 4.78 is 0. The van der Waals surface area contributed by atoms with E-state index in [2.05, 4.69) is 19.2 Å². The average Bonchev–Trinajstić information content (AvgIpc) is 2.25. The van der Waals surface area contributed by atoms with E-state index in [1.165, 1.54) is 24.6 Å². The molecular weight excluding hydrogens is 208 g/mol. The Morgan fingerprint density at radius 3 is 3.00 bits per heavy atom. The molecule has 0 aromatic heterocycles. The number of hydrogen-bond acceptors (Lipinski definition) is 3. The standard InChI is InChI=1S/C11H22N2OS/c1-3-4-5-8-15-11(14)13-7-6-12-9-10(13)2/h10,12H,3-9H2,1-2H3. The molecule has 0 aliphatic carbocycles. The molecule has 1 aliphatic rings. The van der Waals surface area contributed by atoms with E-state index in [4.69, 9.17) is 0 Å². The second-order valence-corrected chi connectivity index (χ2v) is 5.11. The summed E-state index contributed by atoms with van der Waals surface area (Å²) in [7, 11) is 0. The van der Waals surface area contributed by atoms with Gasteiger partial charge >= 0.3 is 0 Å². The molecule has 1 unspecified atom stereocenters. The summed E-state index contributed by atoms with van der Waals surface area (Å²) in [6.45, 7) is 7.02. The van der Waals surface area contributed by atoms with Crippen LogP contribution in [-0.4, -0.2) is 41.6 Å². The van der Waals surface area contributed by atoms with E-state index >= 15 is 0 Å². The van der Waals surface area contributed by atoms with Gasteiger partial charge in [0.1, 0.15) is 0 Å². The fraction of sp³-hybridized carbons (Fsp3) is 0.909. The van der Waals surface area contributed by atoms with E-state index in [1.54, 1.807) is 0 Å². The third-order valence-electron chi connectivity index (χ3n) is 2.71. The number of thioether (sulfide) groups is 1. The Labute approximate surface area is 97.0 Å². The molecule has 1 N–H and O–H groups in total. The molecule has 1 amide bonds. The second kappa shape index (κ2) is 7.12. The Balaban J connectivity index is 2.20. The van der Waals surface area contributed by atoms with Crippen LogP contribution in [0.1, 0.15) is 33.1 Å². The Morgan fingerprint density at radius 1 is 1.53 bits per heavy atom. The lowest BCUT2D eigenvalue weighted by atomic mass is 10.2. The molecule has 0 bridgehead atoms. The fourth-order valence-corrected chi connectivity index (χ4v) is 2.67. The van der Waals surface area contributed by atoms with Gasteiger partial charge in [-0.15, -0.1) is 0 Å². The number of nitrogens with zero attached hydrogens (tertiary/aromatic N) is 1. The van der Waals surface area contributed by atoms with Crippen LogP contribution in [0.4, 0.5) is 4.79 Å². The first kappa shape index (κ1) is 12.8. The Kier molecular flexibility index (Phi) is 6.10. The molecule has 1 atom stereocenters. The third kappa shape index (κ3) is 4.43. The van der Waals surface area contributed by atoms with Gasteiger partial charge in [0.15, 0.2) is 0 Å². The minimum absolute atomic E-state index is 0.264. The van der Waals surface area contributed by atoms with Gasteiger partial charge in [-0.1, -0.05) is 31.5 Å². The van der Waals surface area contributed by atoms with Crippen molar-refractivity contribution in [3.63, 3.8) is 0 Å². The number of carbonyl (C=O) groups excluding carboxylic acids is 1. The predicted octanol–water partition coefficient (Wildman–Crippen LogP) is 2.32. The third-order valence-corrected chi connectivity index (χ3v) is 3.68. The molecule has 0 radical (unpaired) electrons. The fourth-order valence-electron chi connectivity index (χ4n) is 1.71. The summed E-state index contributed by atoms with van der Waals surface area (Å²) in [5, 5.41) is 3.56. The molecular formula is C11H22N2OS. The summed E-state index contributed by atoms with van der Waals surface area (Å²) >= 11 is 1.49. The SMILES string of the molecule is CCCCCSC(=O)N1CCNCC1C. The molecule has 1 heterocycles. The average molecular weight is 230 g/mol. The van der Waals surface area contributed by atoms with Crippen LogP contribution >= 0.6 is 11.8 Å². The first-order valence-electron chi connectivity index (χ1n) is 5.89. The maximum Gasteiger partial charge on any atom is 0.281 e. The van der Waals surface area contributed by atoms with Crippen molar-refractivity contribution in [1.82, 2.24) is 10.2 Å². The lowest BCUT2D eigenvalue weighted by Crippen LogP contribution is -2.51. The van der Waals surface area contributed by atoms with Crippen molar-refractivity contribution >= 4 is 17.0 Å². The van der Waals surface area contributed by atoms with Gasteiger partial charge in [-0.2, -0.15) is 0 Å². The molecule has 0 saturated carbocycles. The van der Waals surface area contributed by atoms with Crippen LogP contribution in [-0.2, 0) is 0 Å². The summed E-state index contributed by atoms with van der Waals surface area (Å²) in [4.78, 5) is 13.8. The van der Waals surface area contributed by atoms with Crippen LogP contribution in [0.2, 0.25) is 0 Å². The summed E-state index contributed by atoms with van der Waals surface area (Å²) in [5.74, 6) is 0.976. The molecule has 1 fully saturated rings. The highest BCUT2D eigenvalue weighted by atomic mass is 32.2. The van der Waals surface area contributed by atoms with Crippen molar-refractivity contribution in [3.8, 4) is 0 Å². The molecule has 0 spiro atoms. The maximum absolute atomic E-state index is 11.8. The summed E-state index contributed by atoms with van der Waals surface area (Å²) in [6, 6.07) is 0.352. The van der Waals surface area contributed by atoms with Crippen molar-refractivity contribution in [1.29, 1.82) is 0 Å². The van der Waals surface area contributed by atoms with Gasteiger partial charge in [-0.25, -0.2) is 0 Å². The van der Waals surface area contributed by atoms with Gasteiger partial charge in [0.25, 0.3) is 5.24 Å². The summed E-state index contributed by atoms with van der Waals surface area (Å²) in [6.07, 6.45) is 3.61. The highest BCUT2D eigenvalue weighted by Crippen LogP contribution is 2.15. The molecule has 0 aromatic rings. The molecule has 0 aromatic carbocycles. The van der Waals surface area contributed by atoms with Crippen molar-refractivity contribution in [3.05, 3.63) is 0 Å². The van der Waals surface area contributed by atoms with E-state index in [1.807, 2.05) is 4.90 Å². The zero-order valence-corrected chi connectivity index (χ0v) is 10.6. The summed E-state index contributed by atoms with van der Waals surface area (Å²) in [5.41, 5.74) is 0. The first-order chi connectivity index (χ1) is 7.25. The van der Waals surface area contributed by atoms with E-state index < -0.39 is 0 Å². The first-order valence-corrected chi connectivity index (χ1v) is 6.88. The Hall–Kier alpha value is -0.220. The predicted molar refractivity (Wildman–Crippen MR) is 66.4 cm³/mol. The highest BCUT2D eigenvalue weighted by molar-refractivity contribution is 8.13. The van der Waals surface area contributed by atoms with Crippen molar-refractivity contribution in [2.45, 2.75) is 39.2 Å². The number of unbranched alkanes of at least 4 members (excludes halogenated alkanes) is 2. The van der Waals surface area contributed by atoms with Gasteiger partial charge in [0.05, 0.1) is 0 Å². The van der Waals surface area contributed by atoms with Crippen LogP contribution in [0.15, 0.2) is 0 Å². The minimum atomic E-state index is 0.264. The Bertz CT molecular complexity index is 199. The lowest BCUT2D eigenvalue weighted by Gasteiger charge is -2.33. The minimum Gasteiger partial charge on any atom is -0.328 e. The van der Waals surface area contributed by atoms with Crippen molar-refractivity contribution in [2.24, 2.45) is 0 Å². The molecule has 88 valence electrons. The number of carbonyl (C=O) groups is 1. The van der Waals surface area contributed by atoms with Gasteiger partial charge in [0, 0.05) is 31.4 Å². The molecule has 1 aliphatic heterocycles. The topological polar surface area (TPSA) is 32.3 Å². The van der Waals surface area contributed by atoms with E-state index in [9.17, 15) is 4.79 Å². The van der Waals surface area contributed by atoms with Crippen LogP contribution in [0.3, 0.4) is 0 Å². The quantitative estimate of drug-likeness (QED) is 0.752. The zero-order chi connectivity index (χ0) is 11.1. The van der Waals surface area contributed by atoms with Gasteiger partial charge in [-0.05, 0) is 13.3 Å². The molecule has 4 heteroatoms. The Morgan fingerprint density at radius 2 is 2.33 bits per heavy atom. The smallest absolute Gasteiger partial charge is 0.281 e. The lowest BCUT2D eigenvalue weighted by molar-refractivity contribution is 0.188. The zero-order valence-electron chi connectivity index (χ0n) is 9.79. The molecule has 1 rings (SSSR count). The van der Waals surface area contributed by atoms with Crippen LogP contribution in [0.25, 0.3) is 0 Å². The number of hydrogen-bond donors (Lipinski definition) is 1. The number of amides is 1. The number of piperazine rings is 1. The van der Waals surface area contributed by atoms with E-state index in [-0.39, 0.29) is 5.24 Å². The number of rotatable bonds is 4.